The van der Waals surface area contributed by atoms with Crippen LogP contribution >= 0.6 is 0 Å². The fourth-order valence-corrected chi connectivity index (χ4v) is 4.34. The molecule has 0 saturated heterocycles. The Morgan fingerprint density at radius 3 is 2.71 bits per heavy atom. The minimum atomic E-state index is -4.66. The minimum Gasteiger partial charge on any atom is -0.358 e. The number of benzene rings is 1. The predicted molar refractivity (Wildman–Crippen MR) is 119 cm³/mol. The average Bonchev–Trinajstić information content (AvgIpc) is 2.79. The van der Waals surface area contributed by atoms with Crippen LogP contribution in [-0.2, 0) is 12.6 Å². The molecule has 0 atom stereocenters. The van der Waals surface area contributed by atoms with Gasteiger partial charge in [-0.2, -0.15) is 13.2 Å². The molecule has 0 spiro atoms. The molecular weight excluding hydrogens is 448 g/mol. The molecule has 34 heavy (non-hydrogen) atoms. The highest BCUT2D eigenvalue weighted by Gasteiger charge is 2.38. The lowest BCUT2D eigenvalue weighted by Crippen LogP contribution is -2.46. The van der Waals surface area contributed by atoms with Gasteiger partial charge in [0.25, 0.3) is 5.91 Å². The van der Waals surface area contributed by atoms with Crippen LogP contribution in [0.4, 0.5) is 29.1 Å². The van der Waals surface area contributed by atoms with Crippen LogP contribution in [0.15, 0.2) is 78.4 Å². The summed E-state index contributed by atoms with van der Waals surface area (Å²) in [5.41, 5.74) is 1.96. The second-order valence-electron chi connectivity index (χ2n) is 8.23. The molecule has 2 bridgehead atoms. The van der Waals surface area contributed by atoms with Crippen molar-refractivity contribution in [3.05, 3.63) is 101 Å². The molecule has 2 aromatic rings. The summed E-state index contributed by atoms with van der Waals surface area (Å²) >= 11 is 0. The Balaban J connectivity index is 1.75. The maximum Gasteiger partial charge on any atom is 0.417 e. The summed E-state index contributed by atoms with van der Waals surface area (Å²) in [5.74, 6) is -0.914. The second-order valence-corrected chi connectivity index (χ2v) is 8.23. The van der Waals surface area contributed by atoms with Gasteiger partial charge in [0.2, 0.25) is 0 Å². The number of dihydropyridines is 1. The van der Waals surface area contributed by atoms with Gasteiger partial charge in [0.05, 0.1) is 16.8 Å². The Hall–Kier alpha value is -3.88. The van der Waals surface area contributed by atoms with E-state index < -0.39 is 23.5 Å². The summed E-state index contributed by atoms with van der Waals surface area (Å²) in [6.07, 6.45) is 5.05. The minimum absolute atomic E-state index is 0.00384. The number of fused-ring (bicyclic) bond motifs is 7. The van der Waals surface area contributed by atoms with E-state index >= 15 is 0 Å². The highest BCUT2D eigenvalue weighted by atomic mass is 19.4. The summed E-state index contributed by atoms with van der Waals surface area (Å²) in [7, 11) is 0. The molecule has 0 fully saturated rings. The Kier molecular flexibility index (Phi) is 5.27. The van der Waals surface area contributed by atoms with Crippen molar-refractivity contribution < 1.29 is 22.4 Å². The number of rotatable bonds is 0. The van der Waals surface area contributed by atoms with Crippen molar-refractivity contribution in [2.45, 2.75) is 25.4 Å². The lowest BCUT2D eigenvalue weighted by molar-refractivity contribution is -0.137. The first kappa shape index (κ1) is 21.9. The first-order chi connectivity index (χ1) is 16.2. The number of nitrogens with one attached hydrogen (secondary N) is 1. The van der Waals surface area contributed by atoms with Crippen LogP contribution in [0.5, 0.6) is 0 Å². The molecule has 0 unspecified atom stereocenters. The lowest BCUT2D eigenvalue weighted by Gasteiger charge is -2.40. The molecule has 1 aromatic carbocycles. The van der Waals surface area contributed by atoms with E-state index in [1.54, 1.807) is 23.1 Å². The number of aromatic nitrogens is 1. The molecule has 0 saturated carbocycles. The van der Waals surface area contributed by atoms with Gasteiger partial charge in [-0.3, -0.25) is 9.69 Å². The molecule has 5 rings (SSSR count). The van der Waals surface area contributed by atoms with Gasteiger partial charge in [-0.15, -0.1) is 0 Å². The zero-order chi connectivity index (χ0) is 24.0. The SMILES string of the molecule is C=C1C=CC2=C(CC/C=C/Cc3cc(F)ccc3N3CN2C(=O)c2cc(C(F)(F)F)cnc23)N1. The lowest BCUT2D eigenvalue weighted by atomic mass is 10.0. The van der Waals surface area contributed by atoms with Crippen molar-refractivity contribution in [2.75, 3.05) is 11.6 Å². The third-order valence-electron chi connectivity index (χ3n) is 5.96. The first-order valence-electron chi connectivity index (χ1n) is 10.7. The third-order valence-corrected chi connectivity index (χ3v) is 5.96. The third kappa shape index (κ3) is 3.87. The van der Waals surface area contributed by atoms with Crippen molar-refractivity contribution >= 4 is 17.4 Å². The molecule has 174 valence electrons. The van der Waals surface area contributed by atoms with Crippen LogP contribution in [0.3, 0.4) is 0 Å². The number of nitrogens with zero attached hydrogens (tertiary/aromatic N) is 3. The maximum absolute atomic E-state index is 14.1. The van der Waals surface area contributed by atoms with Gasteiger partial charge in [-0.25, -0.2) is 9.37 Å². The van der Waals surface area contributed by atoms with Gasteiger partial charge in [-0.1, -0.05) is 18.7 Å². The first-order valence-corrected chi connectivity index (χ1v) is 10.7. The van der Waals surface area contributed by atoms with E-state index in [1.165, 1.54) is 17.0 Å². The van der Waals surface area contributed by atoms with Gasteiger partial charge < -0.3 is 10.2 Å². The second kappa shape index (κ2) is 8.16. The number of hydrogen-bond acceptors (Lipinski definition) is 4. The van der Waals surface area contributed by atoms with Gasteiger partial charge in [-0.05, 0) is 61.2 Å². The Bertz CT molecular complexity index is 1290. The topological polar surface area (TPSA) is 48.5 Å². The molecule has 1 N–H and O–H groups in total. The highest BCUT2D eigenvalue weighted by molar-refractivity contribution is 6.03. The van der Waals surface area contributed by atoms with Gasteiger partial charge in [0.15, 0.2) is 0 Å². The molecule has 3 aliphatic rings. The quantitative estimate of drug-likeness (QED) is 0.406. The van der Waals surface area contributed by atoms with Gasteiger partial charge in [0.1, 0.15) is 18.3 Å². The fourth-order valence-electron chi connectivity index (χ4n) is 4.34. The summed E-state index contributed by atoms with van der Waals surface area (Å²) < 4.78 is 54.5. The van der Waals surface area contributed by atoms with E-state index in [4.69, 9.17) is 0 Å². The number of pyridine rings is 1. The van der Waals surface area contributed by atoms with Gasteiger partial charge >= 0.3 is 6.18 Å². The zero-order valence-electron chi connectivity index (χ0n) is 18.0. The number of hydrogen-bond donors (Lipinski definition) is 1. The Morgan fingerprint density at radius 1 is 1.09 bits per heavy atom. The smallest absolute Gasteiger partial charge is 0.358 e. The molecule has 5 nitrogen and oxygen atoms in total. The van der Waals surface area contributed by atoms with Crippen molar-refractivity contribution in [3.8, 4) is 0 Å². The van der Waals surface area contributed by atoms with Crippen LogP contribution in [0.25, 0.3) is 0 Å². The van der Waals surface area contributed by atoms with Crippen LogP contribution in [0.1, 0.15) is 34.3 Å². The summed E-state index contributed by atoms with van der Waals surface area (Å²) in [4.78, 5) is 20.7. The number of allylic oxidation sites excluding steroid dienone is 5. The molecule has 1 amide bonds. The normalized spacial score (nSPS) is 18.9. The maximum atomic E-state index is 14.1. The Labute approximate surface area is 193 Å². The highest BCUT2D eigenvalue weighted by Crippen LogP contribution is 2.39. The number of anilines is 2. The number of carbonyl (C=O) groups is 1. The zero-order valence-corrected chi connectivity index (χ0v) is 18.0. The average molecular weight is 468 g/mol. The van der Waals surface area contributed by atoms with E-state index in [-0.39, 0.29) is 18.1 Å². The van der Waals surface area contributed by atoms with Crippen LogP contribution in [0, 0.1) is 5.82 Å². The molecule has 0 radical (unpaired) electrons. The Morgan fingerprint density at radius 2 is 1.91 bits per heavy atom. The van der Waals surface area contributed by atoms with Crippen molar-refractivity contribution in [3.63, 3.8) is 0 Å². The van der Waals surface area contributed by atoms with Crippen LogP contribution in [-0.4, -0.2) is 22.5 Å². The van der Waals surface area contributed by atoms with Crippen molar-refractivity contribution in [1.29, 1.82) is 0 Å². The van der Waals surface area contributed by atoms with Crippen molar-refractivity contribution in [1.82, 2.24) is 15.2 Å². The van der Waals surface area contributed by atoms with Crippen LogP contribution in [0.2, 0.25) is 0 Å². The fraction of sp³-hybridized carbons (Fsp3) is 0.200. The number of alkyl halides is 3. The molecule has 3 aliphatic heterocycles. The monoisotopic (exact) mass is 468 g/mol. The molecule has 4 heterocycles. The molecule has 1 aromatic heterocycles. The number of halogens is 4. The van der Waals surface area contributed by atoms with E-state index in [0.717, 1.165) is 18.0 Å². The molecule has 9 heteroatoms. The number of carbonyl (C=O) groups excluding carboxylic acids is 1. The summed E-state index contributed by atoms with van der Waals surface area (Å²) in [6, 6.07) is 5.08. The predicted octanol–water partition coefficient (Wildman–Crippen LogP) is 5.57. The van der Waals surface area contributed by atoms with Gasteiger partial charge in [0, 0.05) is 23.3 Å². The summed E-state index contributed by atoms with van der Waals surface area (Å²) in [5, 5.41) is 3.19. The standard InChI is InChI=1S/C25H20F4N4O/c1-15-7-9-22-20(31-15)6-4-2-3-5-16-11-18(26)8-10-21(16)32-14-33(22)24(34)19-12-17(25(27,28)29)13-30-23(19)32/h2-3,7-13,31H,1,4-6,14H2/b3-2+. The number of amides is 1. The van der Waals surface area contributed by atoms with E-state index in [0.29, 0.717) is 41.9 Å². The van der Waals surface area contributed by atoms with E-state index in [2.05, 4.69) is 16.9 Å². The van der Waals surface area contributed by atoms with E-state index in [9.17, 15) is 22.4 Å². The van der Waals surface area contributed by atoms with Crippen LogP contribution < -0.4 is 10.2 Å². The molecular formula is C25H20F4N4O. The largest absolute Gasteiger partial charge is 0.417 e. The van der Waals surface area contributed by atoms with Crippen molar-refractivity contribution in [2.24, 2.45) is 0 Å². The summed E-state index contributed by atoms with van der Waals surface area (Å²) in [6.45, 7) is 3.92. The van der Waals surface area contributed by atoms with E-state index in [1.807, 2.05) is 12.2 Å². The molecule has 0 aliphatic carbocycles.